The van der Waals surface area contributed by atoms with Crippen LogP contribution >= 0.6 is 11.6 Å². The van der Waals surface area contributed by atoms with Crippen molar-refractivity contribution < 1.29 is 28.7 Å². The van der Waals surface area contributed by atoms with Gasteiger partial charge in [-0.1, -0.05) is 41.9 Å². The van der Waals surface area contributed by atoms with Gasteiger partial charge >= 0.3 is 17.7 Å². The van der Waals surface area contributed by atoms with E-state index < -0.39 is 44.8 Å². The molecule has 0 aliphatic carbocycles. The van der Waals surface area contributed by atoms with E-state index in [0.29, 0.717) is 11.6 Å². The Morgan fingerprint density at radius 3 is 2.52 bits per heavy atom. The zero-order valence-corrected chi connectivity index (χ0v) is 13.1. The van der Waals surface area contributed by atoms with E-state index in [1.165, 1.54) is 0 Å². The van der Waals surface area contributed by atoms with Crippen LogP contribution in [0.1, 0.15) is 15.9 Å². The number of carboxylic acid groups (broad SMARTS) is 1. The van der Waals surface area contributed by atoms with Gasteiger partial charge in [-0.25, -0.2) is 9.59 Å². The normalized spacial score (nSPS) is 10.2. The molecule has 0 atom stereocenters. The second kappa shape index (κ2) is 7.58. The second-order valence-electron chi connectivity index (χ2n) is 4.69. The van der Waals surface area contributed by atoms with Crippen LogP contribution in [0.5, 0.6) is 0 Å². The summed E-state index contributed by atoms with van der Waals surface area (Å²) in [6, 6.07) is 9.17. The molecule has 0 aliphatic heterocycles. The third kappa shape index (κ3) is 4.21. The van der Waals surface area contributed by atoms with Crippen molar-refractivity contribution in [3.8, 4) is 0 Å². The fraction of sp³-hybridized carbons (Fsp3) is 0.0667. The summed E-state index contributed by atoms with van der Waals surface area (Å²) >= 11 is 5.47. The summed E-state index contributed by atoms with van der Waals surface area (Å²) in [5.74, 6) is -3.10. The van der Waals surface area contributed by atoms with Gasteiger partial charge in [0.25, 0.3) is 0 Å². The Morgan fingerprint density at radius 2 is 1.96 bits per heavy atom. The molecule has 8 nitrogen and oxygen atoms in total. The molecule has 0 aromatic heterocycles. The second-order valence-corrected chi connectivity index (χ2v) is 5.10. The maximum absolute atomic E-state index is 13.9. The first kappa shape index (κ1) is 18.1. The number of hydrogen-bond acceptors (Lipinski definition) is 5. The summed E-state index contributed by atoms with van der Waals surface area (Å²) < 4.78 is 18.7. The number of ether oxygens (including phenoxy) is 1. The molecule has 0 heterocycles. The van der Waals surface area contributed by atoms with Crippen LogP contribution in [-0.4, -0.2) is 22.1 Å². The number of rotatable bonds is 5. The van der Waals surface area contributed by atoms with Crippen LogP contribution < -0.4 is 5.32 Å². The minimum Gasteiger partial charge on any atom is -0.478 e. The molecule has 0 saturated heterocycles. The van der Waals surface area contributed by atoms with Crippen LogP contribution in [0, 0.1) is 15.9 Å². The van der Waals surface area contributed by atoms with Gasteiger partial charge < -0.3 is 9.84 Å². The molecule has 0 saturated carbocycles. The summed E-state index contributed by atoms with van der Waals surface area (Å²) in [7, 11) is 0. The number of nitrogens with zero attached hydrogens (tertiary/aromatic N) is 1. The van der Waals surface area contributed by atoms with Crippen LogP contribution in [0.3, 0.4) is 0 Å². The summed E-state index contributed by atoms with van der Waals surface area (Å²) in [5, 5.41) is 21.3. The van der Waals surface area contributed by atoms with Crippen molar-refractivity contribution >= 4 is 35.0 Å². The Hall–Kier alpha value is -3.20. The number of nitro groups is 1. The van der Waals surface area contributed by atoms with Gasteiger partial charge in [-0.05, 0) is 11.6 Å². The number of carbonyl (C=O) groups is 2. The number of anilines is 1. The van der Waals surface area contributed by atoms with Crippen molar-refractivity contribution in [1.29, 1.82) is 0 Å². The maximum atomic E-state index is 13.9. The Kier molecular flexibility index (Phi) is 5.50. The van der Waals surface area contributed by atoms with E-state index in [9.17, 15) is 24.1 Å². The Labute approximate surface area is 144 Å². The van der Waals surface area contributed by atoms with E-state index in [4.69, 9.17) is 21.4 Å². The van der Waals surface area contributed by atoms with E-state index >= 15 is 0 Å². The van der Waals surface area contributed by atoms with E-state index in [0.717, 1.165) is 0 Å². The predicted molar refractivity (Wildman–Crippen MR) is 85.3 cm³/mol. The van der Waals surface area contributed by atoms with E-state index in [2.05, 4.69) is 0 Å². The number of amides is 1. The lowest BCUT2D eigenvalue weighted by Crippen LogP contribution is -2.18. The van der Waals surface area contributed by atoms with Crippen molar-refractivity contribution in [3.05, 3.63) is 68.5 Å². The maximum Gasteiger partial charge on any atom is 0.412 e. The molecule has 2 N–H and O–H groups in total. The third-order valence-electron chi connectivity index (χ3n) is 3.05. The number of benzene rings is 2. The van der Waals surface area contributed by atoms with Crippen LogP contribution in [0.2, 0.25) is 5.02 Å². The molecule has 130 valence electrons. The van der Waals surface area contributed by atoms with Crippen LogP contribution in [-0.2, 0) is 11.3 Å². The molecule has 25 heavy (non-hydrogen) atoms. The van der Waals surface area contributed by atoms with Gasteiger partial charge in [0, 0.05) is 0 Å². The molecule has 0 spiro atoms. The molecule has 2 aromatic carbocycles. The minimum absolute atomic E-state index is 0.168. The highest BCUT2D eigenvalue weighted by atomic mass is 35.5. The summed E-state index contributed by atoms with van der Waals surface area (Å²) in [6.07, 6.45) is -1.18. The predicted octanol–water partition coefficient (Wildman–Crippen LogP) is 3.83. The average Bonchev–Trinajstić information content (AvgIpc) is 2.56. The average molecular weight is 369 g/mol. The SMILES string of the molecule is O=C(Nc1c(C(=O)O)cc(Cl)c(F)c1[N+](=O)[O-])OCc1ccccc1. The minimum atomic E-state index is -1.64. The number of halogens is 2. The van der Waals surface area contributed by atoms with Gasteiger partial charge in [0.05, 0.1) is 15.5 Å². The summed E-state index contributed by atoms with van der Waals surface area (Å²) in [5.41, 5.74) is -2.22. The summed E-state index contributed by atoms with van der Waals surface area (Å²) in [6.45, 7) is -0.168. The lowest BCUT2D eigenvalue weighted by atomic mass is 10.1. The lowest BCUT2D eigenvalue weighted by Gasteiger charge is -2.11. The molecule has 0 aliphatic rings. The van der Waals surface area contributed by atoms with Crippen molar-refractivity contribution in [3.63, 3.8) is 0 Å². The highest BCUT2D eigenvalue weighted by Gasteiger charge is 2.31. The largest absolute Gasteiger partial charge is 0.478 e. The molecule has 0 fully saturated rings. The van der Waals surface area contributed by atoms with Crippen molar-refractivity contribution in [1.82, 2.24) is 0 Å². The molecule has 0 radical (unpaired) electrons. The monoisotopic (exact) mass is 368 g/mol. The number of carboxylic acids is 1. The van der Waals surface area contributed by atoms with E-state index in [1.54, 1.807) is 30.3 Å². The molecular formula is C15H10ClFN2O6. The Morgan fingerprint density at radius 1 is 1.32 bits per heavy atom. The molecule has 1 amide bonds. The van der Waals surface area contributed by atoms with Gasteiger partial charge in [-0.15, -0.1) is 0 Å². The standard InChI is InChI=1S/C15H10ClFN2O6/c16-10-6-9(14(20)21)12(13(11(10)17)19(23)24)18-15(22)25-7-8-4-2-1-3-5-8/h1-6H,7H2,(H,18,22)(H,20,21). The highest BCUT2D eigenvalue weighted by molar-refractivity contribution is 6.31. The summed E-state index contributed by atoms with van der Waals surface area (Å²) in [4.78, 5) is 32.9. The number of aromatic carboxylic acids is 1. The van der Waals surface area contributed by atoms with E-state index in [1.807, 2.05) is 5.32 Å². The zero-order valence-electron chi connectivity index (χ0n) is 12.4. The number of nitro benzene ring substituents is 1. The quantitative estimate of drug-likeness (QED) is 0.611. The molecule has 2 rings (SSSR count). The number of hydrogen-bond donors (Lipinski definition) is 2. The van der Waals surface area contributed by atoms with Crippen molar-refractivity contribution in [2.75, 3.05) is 5.32 Å². The van der Waals surface area contributed by atoms with Gasteiger partial charge in [0.2, 0.25) is 5.82 Å². The van der Waals surface area contributed by atoms with Crippen molar-refractivity contribution in [2.45, 2.75) is 6.61 Å². The molecular weight excluding hydrogens is 359 g/mol. The fourth-order valence-electron chi connectivity index (χ4n) is 1.94. The molecule has 10 heteroatoms. The fourth-order valence-corrected chi connectivity index (χ4v) is 2.14. The molecule has 0 unspecified atom stereocenters. The van der Waals surface area contributed by atoms with Gasteiger partial charge in [0.1, 0.15) is 12.3 Å². The van der Waals surface area contributed by atoms with Crippen LogP contribution in [0.4, 0.5) is 20.6 Å². The smallest absolute Gasteiger partial charge is 0.412 e. The first-order valence-electron chi connectivity index (χ1n) is 6.68. The zero-order chi connectivity index (χ0) is 18.6. The lowest BCUT2D eigenvalue weighted by molar-refractivity contribution is -0.386. The van der Waals surface area contributed by atoms with Gasteiger partial charge in [-0.2, -0.15) is 4.39 Å². The van der Waals surface area contributed by atoms with Crippen LogP contribution in [0.25, 0.3) is 0 Å². The van der Waals surface area contributed by atoms with Crippen LogP contribution in [0.15, 0.2) is 36.4 Å². The first-order valence-corrected chi connectivity index (χ1v) is 7.06. The van der Waals surface area contributed by atoms with Crippen molar-refractivity contribution in [2.24, 2.45) is 0 Å². The molecule has 0 bridgehead atoms. The van der Waals surface area contributed by atoms with E-state index in [-0.39, 0.29) is 6.61 Å². The highest BCUT2D eigenvalue weighted by Crippen LogP contribution is 2.36. The Bertz CT molecular complexity index is 844. The Balaban J connectivity index is 2.30. The van der Waals surface area contributed by atoms with Gasteiger partial charge in [-0.3, -0.25) is 15.4 Å². The topological polar surface area (TPSA) is 119 Å². The molecule has 2 aromatic rings. The first-order chi connectivity index (χ1) is 11.8. The number of carbonyl (C=O) groups excluding carboxylic acids is 1. The number of nitrogens with one attached hydrogen (secondary N) is 1. The third-order valence-corrected chi connectivity index (χ3v) is 3.32. The van der Waals surface area contributed by atoms with Gasteiger partial charge in [0.15, 0.2) is 0 Å².